The lowest BCUT2D eigenvalue weighted by Gasteiger charge is -2.21. The highest BCUT2D eigenvalue weighted by atomic mass is 16.2. The van der Waals surface area contributed by atoms with Crippen LogP contribution in [0.2, 0.25) is 0 Å². The number of aryl methyl sites for hydroxylation is 1. The zero-order valence-electron chi connectivity index (χ0n) is 7.74. The van der Waals surface area contributed by atoms with E-state index in [-0.39, 0.29) is 5.91 Å². The maximum atomic E-state index is 11.2. The third-order valence-corrected chi connectivity index (χ3v) is 2.22. The molecule has 0 spiro atoms. The van der Waals surface area contributed by atoms with Gasteiger partial charge < -0.3 is 0 Å². The standard InChI is InChI=1S/C9H11N3O/c1-7-4-3-5-9-11(2)10-8(13)6-12(7)9/h3-5H,6H2,1-2H3/p+1. The molecule has 4 heteroatoms. The van der Waals surface area contributed by atoms with E-state index in [1.807, 2.05) is 36.7 Å². The molecular formula is C9H12N3O+. The SMILES string of the molecule is Cc1cccc2[n+]1CC(=O)NN2C. The maximum Gasteiger partial charge on any atom is 0.300 e. The highest BCUT2D eigenvalue weighted by Crippen LogP contribution is 2.07. The first-order valence-electron chi connectivity index (χ1n) is 4.21. The average molecular weight is 178 g/mol. The second kappa shape index (κ2) is 2.73. The Morgan fingerprint density at radius 2 is 2.31 bits per heavy atom. The number of aromatic nitrogens is 1. The molecule has 2 rings (SSSR count). The number of amides is 1. The molecule has 1 N–H and O–H groups in total. The minimum atomic E-state index is 0.0225. The summed E-state index contributed by atoms with van der Waals surface area (Å²) >= 11 is 0. The molecule has 0 atom stereocenters. The second-order valence-electron chi connectivity index (χ2n) is 3.21. The fraction of sp³-hybridized carbons (Fsp3) is 0.333. The summed E-state index contributed by atoms with van der Waals surface area (Å²) in [5.74, 6) is 1.04. The Kier molecular flexibility index (Phi) is 1.69. The summed E-state index contributed by atoms with van der Waals surface area (Å²) in [5, 5.41) is 1.73. The quantitative estimate of drug-likeness (QED) is 0.557. The Morgan fingerprint density at radius 1 is 1.54 bits per heavy atom. The van der Waals surface area contributed by atoms with Gasteiger partial charge in [-0.1, -0.05) is 6.07 Å². The molecule has 1 aromatic heterocycles. The Morgan fingerprint density at radius 3 is 3.08 bits per heavy atom. The fourth-order valence-corrected chi connectivity index (χ4v) is 1.56. The molecular weight excluding hydrogens is 166 g/mol. The van der Waals surface area contributed by atoms with Gasteiger partial charge in [-0.3, -0.25) is 4.79 Å². The number of hydrazine groups is 1. The Hall–Kier alpha value is -1.58. The number of hydrogen-bond acceptors (Lipinski definition) is 2. The molecule has 13 heavy (non-hydrogen) atoms. The van der Waals surface area contributed by atoms with Gasteiger partial charge in [-0.2, -0.15) is 10.4 Å². The average Bonchev–Trinajstić information content (AvgIpc) is 2.07. The molecule has 1 aliphatic rings. The molecule has 4 nitrogen and oxygen atoms in total. The van der Waals surface area contributed by atoms with E-state index in [2.05, 4.69) is 5.43 Å². The number of carbonyl (C=O) groups is 1. The zero-order valence-corrected chi connectivity index (χ0v) is 7.74. The summed E-state index contributed by atoms with van der Waals surface area (Å²) in [5.41, 5.74) is 3.83. The Labute approximate surface area is 76.8 Å². The van der Waals surface area contributed by atoms with Crippen molar-refractivity contribution in [2.45, 2.75) is 13.5 Å². The minimum absolute atomic E-state index is 0.0225. The van der Waals surface area contributed by atoms with E-state index in [1.165, 1.54) is 0 Å². The van der Waals surface area contributed by atoms with Gasteiger partial charge in [0.05, 0.1) is 0 Å². The van der Waals surface area contributed by atoms with Crippen molar-refractivity contribution >= 4 is 11.7 Å². The Balaban J connectivity index is 2.54. The number of nitrogens with one attached hydrogen (secondary N) is 1. The summed E-state index contributed by atoms with van der Waals surface area (Å²) in [6.07, 6.45) is 0. The number of pyridine rings is 1. The van der Waals surface area contributed by atoms with Gasteiger partial charge in [0.15, 0.2) is 6.54 Å². The zero-order chi connectivity index (χ0) is 9.42. The van der Waals surface area contributed by atoms with Crippen molar-refractivity contribution in [3.63, 3.8) is 0 Å². The van der Waals surface area contributed by atoms with Gasteiger partial charge in [-0.25, -0.2) is 4.57 Å². The molecule has 0 fully saturated rings. The highest BCUT2D eigenvalue weighted by Gasteiger charge is 2.26. The van der Waals surface area contributed by atoms with Crippen LogP contribution in [0.4, 0.5) is 5.82 Å². The van der Waals surface area contributed by atoms with E-state index >= 15 is 0 Å². The summed E-state index contributed by atoms with van der Waals surface area (Å²) in [6, 6.07) is 5.96. The van der Waals surface area contributed by atoms with Crippen molar-refractivity contribution in [3.8, 4) is 0 Å². The first-order chi connectivity index (χ1) is 6.18. The van der Waals surface area contributed by atoms with Gasteiger partial charge in [-0.05, 0) is 13.0 Å². The summed E-state index contributed by atoms with van der Waals surface area (Å²) in [4.78, 5) is 11.2. The van der Waals surface area contributed by atoms with Gasteiger partial charge >= 0.3 is 0 Å². The van der Waals surface area contributed by atoms with Crippen LogP contribution in [0, 0.1) is 6.92 Å². The van der Waals surface area contributed by atoms with Gasteiger partial charge in [-0.15, -0.1) is 0 Å². The number of nitrogens with zero attached hydrogens (tertiary/aromatic N) is 2. The van der Waals surface area contributed by atoms with E-state index in [0.717, 1.165) is 11.5 Å². The Bertz CT molecular complexity index is 362. The van der Waals surface area contributed by atoms with Crippen molar-refractivity contribution in [1.82, 2.24) is 5.43 Å². The summed E-state index contributed by atoms with van der Waals surface area (Å²) in [6.45, 7) is 2.41. The minimum Gasteiger partial charge on any atom is -0.267 e. The first kappa shape index (κ1) is 8.04. The lowest BCUT2D eigenvalue weighted by Crippen LogP contribution is -2.59. The van der Waals surface area contributed by atoms with Crippen LogP contribution in [0.15, 0.2) is 18.2 Å². The molecule has 0 saturated heterocycles. The number of anilines is 1. The largest absolute Gasteiger partial charge is 0.300 e. The molecule has 0 aromatic carbocycles. The molecule has 68 valence electrons. The van der Waals surface area contributed by atoms with Gasteiger partial charge in [0.2, 0.25) is 0 Å². The highest BCUT2D eigenvalue weighted by molar-refractivity contribution is 5.77. The third kappa shape index (κ3) is 1.24. The smallest absolute Gasteiger partial charge is 0.267 e. The van der Waals surface area contributed by atoms with Crippen LogP contribution in [0.3, 0.4) is 0 Å². The van der Waals surface area contributed by atoms with Crippen molar-refractivity contribution in [2.24, 2.45) is 0 Å². The second-order valence-corrected chi connectivity index (χ2v) is 3.21. The molecule has 2 heterocycles. The van der Waals surface area contributed by atoms with Gasteiger partial charge in [0.1, 0.15) is 12.7 Å². The number of rotatable bonds is 0. The van der Waals surface area contributed by atoms with Crippen LogP contribution in [0.1, 0.15) is 5.69 Å². The molecule has 1 amide bonds. The molecule has 0 bridgehead atoms. The normalized spacial score (nSPS) is 15.2. The maximum absolute atomic E-state index is 11.2. The fourth-order valence-electron chi connectivity index (χ4n) is 1.56. The lowest BCUT2D eigenvalue weighted by molar-refractivity contribution is -0.681. The molecule has 1 aliphatic heterocycles. The van der Waals surface area contributed by atoms with E-state index in [1.54, 1.807) is 5.01 Å². The van der Waals surface area contributed by atoms with Crippen LogP contribution >= 0.6 is 0 Å². The summed E-state index contributed by atoms with van der Waals surface area (Å²) < 4.78 is 1.98. The molecule has 0 radical (unpaired) electrons. The van der Waals surface area contributed by atoms with Crippen molar-refractivity contribution in [3.05, 3.63) is 23.9 Å². The van der Waals surface area contributed by atoms with E-state index in [4.69, 9.17) is 0 Å². The van der Waals surface area contributed by atoms with E-state index in [9.17, 15) is 4.79 Å². The predicted octanol–water partition coefficient (Wildman–Crippen LogP) is -0.236. The van der Waals surface area contributed by atoms with Gasteiger partial charge in [0, 0.05) is 6.07 Å². The van der Waals surface area contributed by atoms with Crippen LogP contribution in [0.5, 0.6) is 0 Å². The first-order valence-corrected chi connectivity index (χ1v) is 4.21. The third-order valence-electron chi connectivity index (χ3n) is 2.22. The molecule has 1 aromatic rings. The van der Waals surface area contributed by atoms with Gasteiger partial charge in [0.25, 0.3) is 11.7 Å². The molecule has 0 saturated carbocycles. The summed E-state index contributed by atoms with van der Waals surface area (Å²) in [7, 11) is 1.84. The van der Waals surface area contributed by atoms with Crippen LogP contribution in [-0.4, -0.2) is 13.0 Å². The lowest BCUT2D eigenvalue weighted by atomic mass is 10.3. The molecule has 0 aliphatic carbocycles. The van der Waals surface area contributed by atoms with Crippen LogP contribution in [-0.2, 0) is 11.3 Å². The topological polar surface area (TPSA) is 36.2 Å². The van der Waals surface area contributed by atoms with Crippen molar-refractivity contribution < 1.29 is 9.36 Å². The predicted molar refractivity (Wildman–Crippen MR) is 47.9 cm³/mol. The van der Waals surface area contributed by atoms with Crippen LogP contribution < -0.4 is 15.0 Å². The van der Waals surface area contributed by atoms with Crippen molar-refractivity contribution in [1.29, 1.82) is 0 Å². The number of carbonyl (C=O) groups excluding carboxylic acids is 1. The monoisotopic (exact) mass is 178 g/mol. The van der Waals surface area contributed by atoms with E-state index < -0.39 is 0 Å². The molecule has 0 unspecified atom stereocenters. The number of fused-ring (bicyclic) bond motifs is 1. The van der Waals surface area contributed by atoms with Crippen molar-refractivity contribution in [2.75, 3.05) is 12.1 Å². The van der Waals surface area contributed by atoms with E-state index in [0.29, 0.717) is 6.54 Å². The van der Waals surface area contributed by atoms with Crippen LogP contribution in [0.25, 0.3) is 0 Å². The number of hydrogen-bond donors (Lipinski definition) is 1.